The number of hydrogen-bond donors (Lipinski definition) is 0. The zero-order chi connectivity index (χ0) is 11.9. The molecule has 6 heteroatoms. The van der Waals surface area contributed by atoms with Crippen molar-refractivity contribution in [3.05, 3.63) is 27.2 Å². The Bertz CT molecular complexity index is 429. The molecule has 0 bridgehead atoms. The smallest absolute Gasteiger partial charge is 0.228 e. The van der Waals surface area contributed by atoms with Gasteiger partial charge in [-0.3, -0.25) is 4.79 Å². The van der Waals surface area contributed by atoms with Gasteiger partial charge in [0.25, 0.3) is 0 Å². The van der Waals surface area contributed by atoms with Crippen molar-refractivity contribution in [2.45, 2.75) is 11.2 Å². The molecule has 1 heterocycles. The molecular weight excluding hydrogens is 336 g/mol. The fraction of sp³-hybridized carbons (Fsp3) is 0.300. The van der Waals surface area contributed by atoms with Crippen LogP contribution in [0.15, 0.2) is 12.1 Å². The first-order valence-corrected chi connectivity index (χ1v) is 6.63. The largest absolute Gasteiger partial charge is 0.308 e. The van der Waals surface area contributed by atoms with E-state index < -0.39 is 0 Å². The minimum Gasteiger partial charge on any atom is -0.308 e. The molecule has 1 aromatic rings. The van der Waals surface area contributed by atoms with E-state index in [0.29, 0.717) is 33.7 Å². The van der Waals surface area contributed by atoms with Gasteiger partial charge in [-0.1, -0.05) is 50.7 Å². The summed E-state index contributed by atoms with van der Waals surface area (Å²) in [6.45, 7) is 0.569. The molecule has 1 aliphatic rings. The zero-order valence-electron chi connectivity index (χ0n) is 8.01. The Hall–Kier alpha value is 0.0400. The Labute approximate surface area is 117 Å². The Kier molecular flexibility index (Phi) is 3.69. The molecule has 0 aliphatic carbocycles. The maximum absolute atomic E-state index is 11.7. The number of nitrogens with zero attached hydrogens (tertiary/aromatic N) is 1. The molecule has 1 aromatic carbocycles. The molecule has 0 saturated carbocycles. The van der Waals surface area contributed by atoms with Crippen molar-refractivity contribution < 1.29 is 4.79 Å². The van der Waals surface area contributed by atoms with Gasteiger partial charge in [0.05, 0.1) is 15.7 Å². The van der Waals surface area contributed by atoms with Gasteiger partial charge < -0.3 is 4.90 Å². The van der Waals surface area contributed by atoms with Crippen molar-refractivity contribution in [3.8, 4) is 0 Å². The molecule has 16 heavy (non-hydrogen) atoms. The van der Waals surface area contributed by atoms with Crippen LogP contribution in [0.4, 0.5) is 5.69 Å². The monoisotopic (exact) mass is 341 g/mol. The fourth-order valence-corrected chi connectivity index (χ4v) is 3.26. The van der Waals surface area contributed by atoms with Gasteiger partial charge in [0.1, 0.15) is 0 Å². The third-order valence-corrected chi connectivity index (χ3v) is 3.74. The third kappa shape index (κ3) is 2.33. The van der Waals surface area contributed by atoms with Crippen molar-refractivity contribution in [3.63, 3.8) is 0 Å². The molecule has 0 aromatic heterocycles. The van der Waals surface area contributed by atoms with Crippen LogP contribution in [0.1, 0.15) is 6.42 Å². The van der Waals surface area contributed by atoms with E-state index in [-0.39, 0.29) is 10.7 Å². The molecule has 1 saturated heterocycles. The quantitative estimate of drug-likeness (QED) is 0.702. The maximum atomic E-state index is 11.7. The van der Waals surface area contributed by atoms with E-state index in [1.807, 2.05) is 0 Å². The molecule has 1 fully saturated rings. The van der Waals surface area contributed by atoms with Crippen LogP contribution in [-0.4, -0.2) is 17.3 Å². The predicted molar refractivity (Wildman–Crippen MR) is 71.2 cm³/mol. The highest BCUT2D eigenvalue weighted by Crippen LogP contribution is 2.39. The molecule has 0 spiro atoms. The summed E-state index contributed by atoms with van der Waals surface area (Å²) in [6, 6.07) is 3.17. The highest BCUT2D eigenvalue weighted by Gasteiger charge is 2.31. The number of alkyl halides is 1. The molecule has 0 N–H and O–H groups in total. The third-order valence-electron chi connectivity index (χ3n) is 2.33. The lowest BCUT2D eigenvalue weighted by atomic mass is 10.3. The summed E-state index contributed by atoms with van der Waals surface area (Å²) in [7, 11) is 0. The average molecular weight is 343 g/mol. The molecule has 2 nitrogen and oxygen atoms in total. The summed E-state index contributed by atoms with van der Waals surface area (Å²) in [5, 5.41) is 1.25. The second-order valence-corrected chi connectivity index (χ2v) is 6.07. The van der Waals surface area contributed by atoms with Gasteiger partial charge in [0, 0.05) is 22.8 Å². The van der Waals surface area contributed by atoms with Gasteiger partial charge in [0.15, 0.2) is 0 Å². The number of anilines is 1. The Morgan fingerprint density at radius 2 is 1.81 bits per heavy atom. The van der Waals surface area contributed by atoms with Gasteiger partial charge in [0.2, 0.25) is 5.91 Å². The van der Waals surface area contributed by atoms with E-state index in [2.05, 4.69) is 15.9 Å². The minimum atomic E-state index is 0.00741. The normalized spacial score (nSPS) is 20.6. The van der Waals surface area contributed by atoms with E-state index in [0.717, 1.165) is 0 Å². The number of halogens is 4. The lowest BCUT2D eigenvalue weighted by Gasteiger charge is -2.19. The lowest BCUT2D eigenvalue weighted by molar-refractivity contribution is -0.117. The van der Waals surface area contributed by atoms with Crippen LogP contribution >= 0.6 is 50.7 Å². The van der Waals surface area contributed by atoms with Crippen LogP contribution in [0.2, 0.25) is 15.1 Å². The van der Waals surface area contributed by atoms with E-state index in [4.69, 9.17) is 34.8 Å². The van der Waals surface area contributed by atoms with Crippen molar-refractivity contribution >= 4 is 62.3 Å². The summed E-state index contributed by atoms with van der Waals surface area (Å²) >= 11 is 21.3. The van der Waals surface area contributed by atoms with Gasteiger partial charge in [-0.15, -0.1) is 0 Å². The molecule has 0 radical (unpaired) electrons. The first-order chi connectivity index (χ1) is 7.49. The summed E-state index contributed by atoms with van der Waals surface area (Å²) in [6.07, 6.45) is 0.454. The maximum Gasteiger partial charge on any atom is 0.228 e. The minimum absolute atomic E-state index is 0.00741. The lowest BCUT2D eigenvalue weighted by Crippen LogP contribution is -2.25. The second kappa shape index (κ2) is 4.73. The Balaban J connectivity index is 2.44. The number of carbonyl (C=O) groups is 1. The van der Waals surface area contributed by atoms with Crippen LogP contribution in [0.25, 0.3) is 0 Å². The number of carbonyl (C=O) groups excluding carboxylic acids is 1. The first-order valence-electron chi connectivity index (χ1n) is 4.58. The number of rotatable bonds is 1. The van der Waals surface area contributed by atoms with Crippen LogP contribution in [0.3, 0.4) is 0 Å². The van der Waals surface area contributed by atoms with Gasteiger partial charge in [-0.25, -0.2) is 0 Å². The van der Waals surface area contributed by atoms with Gasteiger partial charge >= 0.3 is 0 Å². The van der Waals surface area contributed by atoms with Crippen LogP contribution in [-0.2, 0) is 4.79 Å². The highest BCUT2D eigenvalue weighted by molar-refractivity contribution is 9.09. The molecular formula is C10H7BrCl3NO. The van der Waals surface area contributed by atoms with E-state index in [1.54, 1.807) is 17.0 Å². The molecule has 1 aliphatic heterocycles. The summed E-state index contributed by atoms with van der Waals surface area (Å²) in [5.41, 5.74) is 0.541. The van der Waals surface area contributed by atoms with Crippen molar-refractivity contribution in [1.82, 2.24) is 0 Å². The van der Waals surface area contributed by atoms with Gasteiger partial charge in [-0.05, 0) is 12.1 Å². The number of benzene rings is 1. The van der Waals surface area contributed by atoms with Crippen molar-refractivity contribution in [1.29, 1.82) is 0 Å². The van der Waals surface area contributed by atoms with Crippen molar-refractivity contribution in [2.75, 3.05) is 11.4 Å². The standard InChI is InChI=1S/C10H7BrCl3NO/c11-5-1-9(16)15(4-5)10-7(13)2-6(12)3-8(10)14/h2-3,5H,1,4H2. The number of amides is 1. The zero-order valence-corrected chi connectivity index (χ0v) is 11.9. The molecule has 1 atom stereocenters. The van der Waals surface area contributed by atoms with Crippen LogP contribution < -0.4 is 4.90 Å². The highest BCUT2D eigenvalue weighted by atomic mass is 79.9. The Morgan fingerprint density at radius 1 is 1.25 bits per heavy atom. The fourth-order valence-electron chi connectivity index (χ4n) is 1.67. The SMILES string of the molecule is O=C1CC(Br)CN1c1c(Cl)cc(Cl)cc1Cl. The van der Waals surface area contributed by atoms with Crippen molar-refractivity contribution in [2.24, 2.45) is 0 Å². The summed E-state index contributed by atoms with van der Waals surface area (Å²) < 4.78 is 0. The van der Waals surface area contributed by atoms with Crippen LogP contribution in [0, 0.1) is 0 Å². The topological polar surface area (TPSA) is 20.3 Å². The Morgan fingerprint density at radius 3 is 2.25 bits per heavy atom. The number of hydrogen-bond acceptors (Lipinski definition) is 1. The molecule has 86 valence electrons. The second-order valence-electron chi connectivity index (χ2n) is 3.52. The predicted octanol–water partition coefficient (Wildman–Crippen LogP) is 4.15. The average Bonchev–Trinajstić information content (AvgIpc) is 2.43. The molecule has 1 amide bonds. The van der Waals surface area contributed by atoms with E-state index >= 15 is 0 Å². The summed E-state index contributed by atoms with van der Waals surface area (Å²) in [5.74, 6) is 0.00741. The van der Waals surface area contributed by atoms with Gasteiger partial charge in [-0.2, -0.15) is 0 Å². The molecule has 1 unspecified atom stereocenters. The molecule has 2 rings (SSSR count). The van der Waals surface area contributed by atoms with E-state index in [9.17, 15) is 4.79 Å². The summed E-state index contributed by atoms with van der Waals surface area (Å²) in [4.78, 5) is 13.4. The first kappa shape index (κ1) is 12.5. The van der Waals surface area contributed by atoms with E-state index in [1.165, 1.54) is 0 Å². The van der Waals surface area contributed by atoms with Crippen LogP contribution in [0.5, 0.6) is 0 Å².